The van der Waals surface area contributed by atoms with Crippen molar-refractivity contribution >= 4 is 20.7 Å². The Labute approximate surface area is 150 Å². The van der Waals surface area contributed by atoms with E-state index in [0.717, 1.165) is 0 Å². The van der Waals surface area contributed by atoms with Gasteiger partial charge in [-0.25, -0.2) is 12.8 Å². The standard InChI is InChI=1S/C21H14FNO2S/c22-16-12-10-15(11-13-16)21-18-8-4-5-9-19(18)23-14-20(21)26(24,25)17-6-2-1-3-7-17/h1-14H. The summed E-state index contributed by atoms with van der Waals surface area (Å²) in [6, 6.07) is 21.4. The van der Waals surface area contributed by atoms with Gasteiger partial charge in [-0.3, -0.25) is 4.98 Å². The molecule has 0 saturated carbocycles. The molecule has 0 aliphatic carbocycles. The third kappa shape index (κ3) is 2.76. The summed E-state index contributed by atoms with van der Waals surface area (Å²) in [7, 11) is -3.78. The van der Waals surface area contributed by atoms with Gasteiger partial charge in [0.2, 0.25) is 9.84 Å². The van der Waals surface area contributed by atoms with Crippen LogP contribution in [0.3, 0.4) is 0 Å². The lowest BCUT2D eigenvalue weighted by molar-refractivity contribution is 0.596. The van der Waals surface area contributed by atoms with Crippen molar-refractivity contribution in [3.8, 4) is 11.1 Å². The molecule has 0 fully saturated rings. The molecule has 0 bridgehead atoms. The topological polar surface area (TPSA) is 47.0 Å². The number of fused-ring (bicyclic) bond motifs is 1. The quantitative estimate of drug-likeness (QED) is 0.521. The first kappa shape index (κ1) is 16.4. The van der Waals surface area contributed by atoms with E-state index >= 15 is 0 Å². The Morgan fingerprint density at radius 2 is 1.42 bits per heavy atom. The molecule has 1 heterocycles. The average molecular weight is 363 g/mol. The summed E-state index contributed by atoms with van der Waals surface area (Å²) < 4.78 is 39.8. The smallest absolute Gasteiger partial charge is 0.208 e. The van der Waals surface area contributed by atoms with Crippen LogP contribution in [0.5, 0.6) is 0 Å². The zero-order valence-electron chi connectivity index (χ0n) is 13.6. The lowest BCUT2D eigenvalue weighted by atomic mass is 10.0. The Morgan fingerprint density at radius 1 is 0.769 bits per heavy atom. The second-order valence-electron chi connectivity index (χ2n) is 5.84. The third-order valence-corrected chi connectivity index (χ3v) is 6.00. The largest absolute Gasteiger partial charge is 0.255 e. The van der Waals surface area contributed by atoms with E-state index < -0.39 is 9.84 Å². The minimum atomic E-state index is -3.78. The molecular weight excluding hydrogens is 349 g/mol. The van der Waals surface area contributed by atoms with Gasteiger partial charge >= 0.3 is 0 Å². The zero-order valence-corrected chi connectivity index (χ0v) is 14.4. The van der Waals surface area contributed by atoms with Crippen molar-refractivity contribution in [2.45, 2.75) is 9.79 Å². The fraction of sp³-hybridized carbons (Fsp3) is 0. The molecule has 0 saturated heterocycles. The number of sulfone groups is 1. The summed E-state index contributed by atoms with van der Waals surface area (Å²) in [5.74, 6) is -0.375. The van der Waals surface area contributed by atoms with Gasteiger partial charge in [0.1, 0.15) is 5.82 Å². The maximum absolute atomic E-state index is 13.4. The number of aromatic nitrogens is 1. The van der Waals surface area contributed by atoms with Crippen LogP contribution in [0.2, 0.25) is 0 Å². The maximum atomic E-state index is 13.4. The van der Waals surface area contributed by atoms with E-state index in [1.807, 2.05) is 24.3 Å². The lowest BCUT2D eigenvalue weighted by Crippen LogP contribution is -2.05. The Bertz CT molecular complexity index is 1190. The van der Waals surface area contributed by atoms with Gasteiger partial charge in [-0.2, -0.15) is 0 Å². The van der Waals surface area contributed by atoms with E-state index in [2.05, 4.69) is 4.98 Å². The van der Waals surface area contributed by atoms with Gasteiger partial charge in [-0.15, -0.1) is 0 Å². The molecular formula is C21H14FNO2S. The Morgan fingerprint density at radius 3 is 2.15 bits per heavy atom. The molecule has 0 atom stereocenters. The second-order valence-corrected chi connectivity index (χ2v) is 7.76. The summed E-state index contributed by atoms with van der Waals surface area (Å²) in [5, 5.41) is 0.705. The van der Waals surface area contributed by atoms with E-state index in [1.54, 1.807) is 42.5 Å². The first-order chi connectivity index (χ1) is 12.6. The number of halogens is 1. The van der Waals surface area contributed by atoms with Crippen LogP contribution >= 0.6 is 0 Å². The normalized spacial score (nSPS) is 11.6. The van der Waals surface area contributed by atoms with Crippen LogP contribution in [0.1, 0.15) is 0 Å². The van der Waals surface area contributed by atoms with Gasteiger partial charge in [-0.1, -0.05) is 48.5 Å². The fourth-order valence-corrected chi connectivity index (χ4v) is 4.43. The van der Waals surface area contributed by atoms with Gasteiger partial charge in [-0.05, 0) is 35.9 Å². The number of benzene rings is 3. The molecule has 0 aliphatic heterocycles. The predicted octanol–water partition coefficient (Wildman–Crippen LogP) is 4.87. The van der Waals surface area contributed by atoms with Crippen molar-refractivity contribution in [2.24, 2.45) is 0 Å². The summed E-state index contributed by atoms with van der Waals surface area (Å²) in [6.07, 6.45) is 1.38. The Kier molecular flexibility index (Phi) is 4.01. The van der Waals surface area contributed by atoms with Gasteiger partial charge < -0.3 is 0 Å². The van der Waals surface area contributed by atoms with Crippen LogP contribution in [0.4, 0.5) is 4.39 Å². The summed E-state index contributed by atoms with van der Waals surface area (Å²) in [6.45, 7) is 0. The highest BCUT2D eigenvalue weighted by atomic mass is 32.2. The first-order valence-electron chi connectivity index (χ1n) is 8.01. The zero-order chi connectivity index (χ0) is 18.1. The molecule has 0 amide bonds. The number of hydrogen-bond acceptors (Lipinski definition) is 3. The monoisotopic (exact) mass is 363 g/mol. The van der Waals surface area contributed by atoms with Gasteiger partial charge in [0.15, 0.2) is 0 Å². The highest BCUT2D eigenvalue weighted by molar-refractivity contribution is 7.91. The number of para-hydroxylation sites is 1. The van der Waals surface area contributed by atoms with E-state index in [-0.39, 0.29) is 15.6 Å². The van der Waals surface area contributed by atoms with Crippen molar-refractivity contribution in [2.75, 3.05) is 0 Å². The van der Waals surface area contributed by atoms with Crippen LogP contribution < -0.4 is 0 Å². The van der Waals surface area contributed by atoms with Gasteiger partial charge in [0.05, 0.1) is 15.3 Å². The van der Waals surface area contributed by atoms with Crippen molar-refractivity contribution in [1.82, 2.24) is 4.98 Å². The van der Waals surface area contributed by atoms with Crippen molar-refractivity contribution in [1.29, 1.82) is 0 Å². The van der Waals surface area contributed by atoms with Crippen molar-refractivity contribution < 1.29 is 12.8 Å². The Hall–Kier alpha value is -3.05. The highest BCUT2D eigenvalue weighted by Crippen LogP contribution is 2.36. The predicted molar refractivity (Wildman–Crippen MR) is 99.0 cm³/mol. The molecule has 0 aliphatic rings. The maximum Gasteiger partial charge on any atom is 0.208 e. The molecule has 128 valence electrons. The molecule has 0 unspecified atom stereocenters. The number of hydrogen-bond donors (Lipinski definition) is 0. The Balaban J connectivity index is 2.07. The van der Waals surface area contributed by atoms with Crippen molar-refractivity contribution in [3.63, 3.8) is 0 Å². The molecule has 0 N–H and O–H groups in total. The SMILES string of the molecule is O=S(=O)(c1ccccc1)c1cnc2ccccc2c1-c1ccc(F)cc1. The van der Waals surface area contributed by atoms with Crippen LogP contribution in [0.25, 0.3) is 22.0 Å². The minimum Gasteiger partial charge on any atom is -0.255 e. The highest BCUT2D eigenvalue weighted by Gasteiger charge is 2.24. The average Bonchev–Trinajstić information content (AvgIpc) is 2.68. The molecule has 3 aromatic carbocycles. The molecule has 3 nitrogen and oxygen atoms in total. The van der Waals surface area contributed by atoms with Gasteiger partial charge in [0, 0.05) is 17.1 Å². The molecule has 0 radical (unpaired) electrons. The molecule has 0 spiro atoms. The van der Waals surface area contributed by atoms with Gasteiger partial charge in [0.25, 0.3) is 0 Å². The first-order valence-corrected chi connectivity index (χ1v) is 9.49. The minimum absolute atomic E-state index is 0.106. The molecule has 26 heavy (non-hydrogen) atoms. The summed E-state index contributed by atoms with van der Waals surface area (Å²) >= 11 is 0. The molecule has 4 rings (SSSR count). The van der Waals surface area contributed by atoms with E-state index in [9.17, 15) is 12.8 Å². The van der Waals surface area contributed by atoms with Crippen LogP contribution in [0.15, 0.2) is 94.9 Å². The second kappa shape index (κ2) is 6.35. The van der Waals surface area contributed by atoms with E-state index in [1.165, 1.54) is 18.3 Å². The number of nitrogens with zero attached hydrogens (tertiary/aromatic N) is 1. The van der Waals surface area contributed by atoms with Crippen LogP contribution in [-0.2, 0) is 9.84 Å². The van der Waals surface area contributed by atoms with E-state index in [0.29, 0.717) is 22.0 Å². The molecule has 5 heteroatoms. The van der Waals surface area contributed by atoms with Crippen molar-refractivity contribution in [3.05, 3.63) is 90.9 Å². The van der Waals surface area contributed by atoms with E-state index in [4.69, 9.17) is 0 Å². The molecule has 1 aromatic heterocycles. The lowest BCUT2D eigenvalue weighted by Gasteiger charge is -2.13. The number of pyridine rings is 1. The fourth-order valence-electron chi connectivity index (χ4n) is 2.97. The molecule has 4 aromatic rings. The third-order valence-electron chi connectivity index (χ3n) is 4.22. The van der Waals surface area contributed by atoms with Crippen LogP contribution in [0, 0.1) is 5.82 Å². The number of rotatable bonds is 3. The van der Waals surface area contributed by atoms with Crippen LogP contribution in [-0.4, -0.2) is 13.4 Å². The summed E-state index contributed by atoms with van der Waals surface area (Å²) in [4.78, 5) is 4.62. The summed E-state index contributed by atoms with van der Waals surface area (Å²) in [5.41, 5.74) is 1.83.